The topological polar surface area (TPSA) is 50.8 Å². The molecule has 1 aliphatic carbocycles. The number of likely N-dealkylation sites (N-methyl/N-ethyl adjacent to an activating group) is 1. The Morgan fingerprint density at radius 1 is 1.50 bits per heavy atom. The van der Waals surface area contributed by atoms with E-state index in [4.69, 9.17) is 9.47 Å². The van der Waals surface area contributed by atoms with Crippen LogP contribution < -0.4 is 5.32 Å². The van der Waals surface area contributed by atoms with E-state index in [0.717, 1.165) is 12.8 Å². The minimum absolute atomic E-state index is 0.00373. The average Bonchev–Trinajstić information content (AvgIpc) is 3.10. The predicted molar refractivity (Wildman–Crippen MR) is 61.3 cm³/mol. The van der Waals surface area contributed by atoms with Gasteiger partial charge in [-0.15, -0.1) is 0 Å². The van der Waals surface area contributed by atoms with Crippen molar-refractivity contribution in [3.63, 3.8) is 0 Å². The zero-order valence-electron chi connectivity index (χ0n) is 10.4. The molecule has 0 aromatic heterocycles. The third-order valence-corrected chi connectivity index (χ3v) is 2.82. The van der Waals surface area contributed by atoms with E-state index in [1.807, 2.05) is 11.9 Å². The molecule has 0 aliphatic heterocycles. The van der Waals surface area contributed by atoms with Crippen LogP contribution in [0.2, 0.25) is 0 Å². The van der Waals surface area contributed by atoms with E-state index < -0.39 is 0 Å². The number of ether oxygens (including phenoxy) is 2. The van der Waals surface area contributed by atoms with Crippen LogP contribution in [0.3, 0.4) is 0 Å². The van der Waals surface area contributed by atoms with E-state index in [2.05, 4.69) is 5.32 Å². The fraction of sp³-hybridized carbons (Fsp3) is 0.909. The van der Waals surface area contributed by atoms with Crippen LogP contribution in [0.4, 0.5) is 0 Å². The second-order valence-corrected chi connectivity index (χ2v) is 4.18. The van der Waals surface area contributed by atoms with E-state index in [1.54, 1.807) is 14.2 Å². The molecular formula is C11H22N2O3. The molecule has 16 heavy (non-hydrogen) atoms. The highest BCUT2D eigenvalue weighted by atomic mass is 16.5. The quantitative estimate of drug-likeness (QED) is 0.630. The van der Waals surface area contributed by atoms with Gasteiger partial charge >= 0.3 is 0 Å². The summed E-state index contributed by atoms with van der Waals surface area (Å²) in [5.41, 5.74) is 0. The maximum Gasteiger partial charge on any atom is 0.236 e. The first-order valence-electron chi connectivity index (χ1n) is 5.67. The summed E-state index contributed by atoms with van der Waals surface area (Å²) in [6.07, 6.45) is 2.29. The Bertz CT molecular complexity index is 219. The van der Waals surface area contributed by atoms with Crippen molar-refractivity contribution in [2.45, 2.75) is 25.0 Å². The largest absolute Gasteiger partial charge is 0.382 e. The van der Waals surface area contributed by atoms with Crippen molar-refractivity contribution < 1.29 is 14.3 Å². The first kappa shape index (κ1) is 13.4. The lowest BCUT2D eigenvalue weighted by Crippen LogP contribution is -2.40. The first-order chi connectivity index (χ1) is 7.69. The number of nitrogens with one attached hydrogen (secondary N) is 1. The maximum absolute atomic E-state index is 11.6. The molecule has 0 spiro atoms. The normalized spacial score (nSPS) is 17.2. The zero-order chi connectivity index (χ0) is 12.0. The minimum Gasteiger partial charge on any atom is -0.382 e. The Kier molecular flexibility index (Phi) is 5.73. The third-order valence-electron chi connectivity index (χ3n) is 2.82. The predicted octanol–water partition coefficient (Wildman–Crippen LogP) is -0.142. The van der Waals surface area contributed by atoms with Gasteiger partial charge in [-0.1, -0.05) is 0 Å². The van der Waals surface area contributed by atoms with Crippen LogP contribution in [0, 0.1) is 0 Å². The van der Waals surface area contributed by atoms with Crippen LogP contribution in [0.5, 0.6) is 0 Å². The third kappa shape index (κ3) is 4.47. The van der Waals surface area contributed by atoms with Crippen molar-refractivity contribution in [3.8, 4) is 0 Å². The number of rotatable bonds is 8. The Balaban J connectivity index is 2.10. The molecule has 1 atom stereocenters. The molecule has 1 amide bonds. The van der Waals surface area contributed by atoms with Crippen molar-refractivity contribution in [1.29, 1.82) is 0 Å². The molecule has 0 radical (unpaired) electrons. The van der Waals surface area contributed by atoms with Gasteiger partial charge in [-0.2, -0.15) is 0 Å². The molecule has 1 saturated carbocycles. The van der Waals surface area contributed by atoms with Gasteiger partial charge in [0.2, 0.25) is 5.91 Å². The highest BCUT2D eigenvalue weighted by molar-refractivity contribution is 5.78. The Labute approximate surface area is 97.1 Å². The standard InChI is InChI=1S/C11H22N2O3/c1-13(9-4-5-9)11(14)7-12-6-10(16-3)8-15-2/h9-10,12H,4-8H2,1-3H3. The molecule has 5 heteroatoms. The lowest BCUT2D eigenvalue weighted by atomic mass is 10.3. The summed E-state index contributed by atoms with van der Waals surface area (Å²) in [6.45, 7) is 1.54. The fourth-order valence-corrected chi connectivity index (χ4v) is 1.53. The monoisotopic (exact) mass is 230 g/mol. The molecule has 0 aromatic carbocycles. The van der Waals surface area contributed by atoms with Crippen LogP contribution >= 0.6 is 0 Å². The van der Waals surface area contributed by atoms with Gasteiger partial charge in [0.05, 0.1) is 19.3 Å². The van der Waals surface area contributed by atoms with Gasteiger partial charge in [0, 0.05) is 33.9 Å². The lowest BCUT2D eigenvalue weighted by molar-refractivity contribution is -0.129. The molecule has 94 valence electrons. The molecule has 5 nitrogen and oxygen atoms in total. The summed E-state index contributed by atoms with van der Waals surface area (Å²) in [7, 11) is 5.15. The van der Waals surface area contributed by atoms with Crippen molar-refractivity contribution in [2.24, 2.45) is 0 Å². The van der Waals surface area contributed by atoms with Crippen molar-refractivity contribution in [1.82, 2.24) is 10.2 Å². The van der Waals surface area contributed by atoms with Crippen LogP contribution in [-0.4, -0.2) is 63.9 Å². The summed E-state index contributed by atoms with van der Waals surface area (Å²) in [6, 6.07) is 0.478. The van der Waals surface area contributed by atoms with Crippen molar-refractivity contribution in [2.75, 3.05) is 41.0 Å². The minimum atomic E-state index is 0.00373. The summed E-state index contributed by atoms with van der Waals surface area (Å²) in [4.78, 5) is 13.5. The van der Waals surface area contributed by atoms with E-state index in [0.29, 0.717) is 25.7 Å². The molecule has 1 rings (SSSR count). The zero-order valence-corrected chi connectivity index (χ0v) is 10.4. The van der Waals surface area contributed by atoms with Gasteiger partial charge in [0.1, 0.15) is 0 Å². The molecule has 1 unspecified atom stereocenters. The van der Waals surface area contributed by atoms with Crippen LogP contribution in [0.1, 0.15) is 12.8 Å². The van der Waals surface area contributed by atoms with E-state index in [1.165, 1.54) is 0 Å². The molecule has 0 saturated heterocycles. The molecular weight excluding hydrogens is 208 g/mol. The van der Waals surface area contributed by atoms with E-state index in [-0.39, 0.29) is 12.0 Å². The second-order valence-electron chi connectivity index (χ2n) is 4.18. The Morgan fingerprint density at radius 3 is 2.69 bits per heavy atom. The van der Waals surface area contributed by atoms with Crippen LogP contribution in [-0.2, 0) is 14.3 Å². The highest BCUT2D eigenvalue weighted by Crippen LogP contribution is 2.24. The molecule has 1 N–H and O–H groups in total. The fourth-order valence-electron chi connectivity index (χ4n) is 1.53. The van der Waals surface area contributed by atoms with Gasteiger partial charge < -0.3 is 19.7 Å². The number of methoxy groups -OCH3 is 2. The summed E-state index contributed by atoms with van der Waals surface area (Å²) in [5.74, 6) is 0.148. The maximum atomic E-state index is 11.6. The van der Waals surface area contributed by atoms with Crippen LogP contribution in [0.15, 0.2) is 0 Å². The smallest absolute Gasteiger partial charge is 0.236 e. The summed E-state index contributed by atoms with van der Waals surface area (Å²) < 4.78 is 10.2. The van der Waals surface area contributed by atoms with Gasteiger partial charge in [-0.05, 0) is 12.8 Å². The number of hydrogen-bond donors (Lipinski definition) is 1. The molecule has 1 fully saturated rings. The SMILES string of the molecule is COCC(CNCC(=O)N(C)C1CC1)OC. The number of hydrogen-bond acceptors (Lipinski definition) is 4. The first-order valence-corrected chi connectivity index (χ1v) is 5.67. The lowest BCUT2D eigenvalue weighted by Gasteiger charge is -2.18. The van der Waals surface area contributed by atoms with Gasteiger partial charge in [-0.3, -0.25) is 4.79 Å². The van der Waals surface area contributed by atoms with Crippen LogP contribution in [0.25, 0.3) is 0 Å². The van der Waals surface area contributed by atoms with Gasteiger partial charge in [-0.25, -0.2) is 0 Å². The Morgan fingerprint density at radius 2 is 2.19 bits per heavy atom. The average molecular weight is 230 g/mol. The summed E-state index contributed by atoms with van der Waals surface area (Å²) >= 11 is 0. The number of carbonyl (C=O) groups is 1. The molecule has 0 heterocycles. The molecule has 0 bridgehead atoms. The number of carbonyl (C=O) groups excluding carboxylic acids is 1. The summed E-state index contributed by atoms with van der Waals surface area (Å²) in [5, 5.41) is 3.09. The molecule has 1 aliphatic rings. The highest BCUT2D eigenvalue weighted by Gasteiger charge is 2.29. The van der Waals surface area contributed by atoms with E-state index >= 15 is 0 Å². The molecule has 0 aromatic rings. The Hall–Kier alpha value is -0.650. The number of nitrogens with zero attached hydrogens (tertiary/aromatic N) is 1. The van der Waals surface area contributed by atoms with Crippen molar-refractivity contribution >= 4 is 5.91 Å². The second kappa shape index (κ2) is 6.83. The van der Waals surface area contributed by atoms with E-state index in [9.17, 15) is 4.79 Å². The van der Waals surface area contributed by atoms with Gasteiger partial charge in [0.15, 0.2) is 0 Å². The number of amides is 1. The van der Waals surface area contributed by atoms with Crippen molar-refractivity contribution in [3.05, 3.63) is 0 Å². The van der Waals surface area contributed by atoms with Gasteiger partial charge in [0.25, 0.3) is 0 Å².